The highest BCUT2D eigenvalue weighted by Crippen LogP contribution is 1.89. The molecule has 16 heavy (non-hydrogen) atoms. The number of urea groups is 1. The van der Waals surface area contributed by atoms with E-state index in [1.165, 1.54) is 6.92 Å². The van der Waals surface area contributed by atoms with Crippen LogP contribution in [0.2, 0.25) is 0 Å². The molecule has 7 nitrogen and oxygen atoms in total. The quantitative estimate of drug-likeness (QED) is 0.453. The van der Waals surface area contributed by atoms with Gasteiger partial charge in [-0.3, -0.25) is 4.79 Å². The summed E-state index contributed by atoms with van der Waals surface area (Å²) in [5, 5.41) is 15.9. The largest absolute Gasteiger partial charge is 0.480 e. The fourth-order valence-electron chi connectivity index (χ4n) is 0.962. The molecule has 0 aliphatic heterocycles. The second-order valence-electron chi connectivity index (χ2n) is 3.18. The van der Waals surface area contributed by atoms with Gasteiger partial charge in [-0.15, -0.1) is 0 Å². The average Bonchev–Trinajstić information content (AvgIpc) is 2.20. The van der Waals surface area contributed by atoms with Crippen LogP contribution in [-0.2, 0) is 9.59 Å². The molecule has 0 radical (unpaired) electrons. The van der Waals surface area contributed by atoms with Crippen LogP contribution in [0.25, 0.3) is 0 Å². The topological polar surface area (TPSA) is 108 Å². The summed E-state index contributed by atoms with van der Waals surface area (Å²) in [6, 6.07) is -1.44. The molecule has 7 heteroatoms. The van der Waals surface area contributed by atoms with Crippen molar-refractivity contribution < 1.29 is 19.5 Å². The minimum absolute atomic E-state index is 0.181. The number of hydrogen-bond donors (Lipinski definition) is 4. The maximum absolute atomic E-state index is 11.2. The Hall–Kier alpha value is -1.79. The third-order valence-electron chi connectivity index (χ3n) is 1.80. The smallest absolute Gasteiger partial charge is 0.326 e. The van der Waals surface area contributed by atoms with E-state index < -0.39 is 18.0 Å². The van der Waals surface area contributed by atoms with Crippen molar-refractivity contribution in [3.63, 3.8) is 0 Å². The van der Waals surface area contributed by atoms with Crippen LogP contribution in [0.5, 0.6) is 0 Å². The SMILES string of the molecule is CC[C@H](NC(=O)NCCNC(C)=O)C(=O)O. The van der Waals surface area contributed by atoms with E-state index in [-0.39, 0.29) is 12.5 Å². The van der Waals surface area contributed by atoms with Crippen LogP contribution in [0.15, 0.2) is 0 Å². The van der Waals surface area contributed by atoms with E-state index in [1.807, 2.05) is 0 Å². The highest BCUT2D eigenvalue weighted by molar-refractivity contribution is 5.82. The highest BCUT2D eigenvalue weighted by atomic mass is 16.4. The number of carboxylic acid groups (broad SMARTS) is 1. The Morgan fingerprint density at radius 3 is 2.19 bits per heavy atom. The lowest BCUT2D eigenvalue weighted by Crippen LogP contribution is -2.47. The van der Waals surface area contributed by atoms with Crippen LogP contribution in [-0.4, -0.2) is 42.1 Å². The summed E-state index contributed by atoms with van der Waals surface area (Å²) >= 11 is 0. The summed E-state index contributed by atoms with van der Waals surface area (Å²) in [7, 11) is 0. The van der Waals surface area contributed by atoms with Gasteiger partial charge in [0.2, 0.25) is 5.91 Å². The summed E-state index contributed by atoms with van der Waals surface area (Å²) in [6.07, 6.45) is 0.314. The number of carbonyl (C=O) groups excluding carboxylic acids is 2. The summed E-state index contributed by atoms with van der Waals surface area (Å²) in [5.41, 5.74) is 0. The van der Waals surface area contributed by atoms with Gasteiger partial charge in [-0.05, 0) is 6.42 Å². The van der Waals surface area contributed by atoms with Crippen molar-refractivity contribution in [3.05, 3.63) is 0 Å². The minimum Gasteiger partial charge on any atom is -0.480 e. The predicted octanol–water partition coefficient (Wildman–Crippen LogP) is -0.715. The zero-order valence-corrected chi connectivity index (χ0v) is 9.37. The van der Waals surface area contributed by atoms with E-state index in [1.54, 1.807) is 6.92 Å². The highest BCUT2D eigenvalue weighted by Gasteiger charge is 2.16. The first-order chi connectivity index (χ1) is 7.47. The number of carboxylic acids is 1. The van der Waals surface area contributed by atoms with Crippen molar-refractivity contribution in [2.75, 3.05) is 13.1 Å². The number of hydrogen-bond acceptors (Lipinski definition) is 3. The fraction of sp³-hybridized carbons (Fsp3) is 0.667. The number of nitrogens with one attached hydrogen (secondary N) is 3. The third-order valence-corrected chi connectivity index (χ3v) is 1.80. The molecule has 0 aliphatic carbocycles. The molecule has 0 aromatic rings. The molecule has 0 spiro atoms. The Balaban J connectivity index is 3.73. The van der Waals surface area contributed by atoms with Gasteiger partial charge in [0.1, 0.15) is 6.04 Å². The van der Waals surface area contributed by atoms with E-state index >= 15 is 0 Å². The molecule has 0 fully saturated rings. The molecular weight excluding hydrogens is 214 g/mol. The molecule has 1 atom stereocenters. The normalized spacial score (nSPS) is 11.4. The maximum atomic E-state index is 11.2. The minimum atomic E-state index is -1.07. The zero-order valence-electron chi connectivity index (χ0n) is 9.37. The fourth-order valence-corrected chi connectivity index (χ4v) is 0.962. The summed E-state index contributed by atoms with van der Waals surface area (Å²) < 4.78 is 0. The molecule has 0 unspecified atom stereocenters. The molecule has 0 aromatic heterocycles. The third kappa shape index (κ3) is 6.63. The van der Waals surface area contributed by atoms with Crippen LogP contribution in [0.4, 0.5) is 4.79 Å². The van der Waals surface area contributed by atoms with Crippen LogP contribution in [0.3, 0.4) is 0 Å². The van der Waals surface area contributed by atoms with Crippen molar-refractivity contribution in [3.8, 4) is 0 Å². The maximum Gasteiger partial charge on any atom is 0.326 e. The van der Waals surface area contributed by atoms with E-state index in [0.717, 1.165) is 0 Å². The first kappa shape index (κ1) is 14.2. The van der Waals surface area contributed by atoms with Crippen LogP contribution in [0, 0.1) is 0 Å². The molecule has 0 aliphatic rings. The van der Waals surface area contributed by atoms with Crippen LogP contribution in [0.1, 0.15) is 20.3 Å². The van der Waals surface area contributed by atoms with Gasteiger partial charge in [0, 0.05) is 20.0 Å². The van der Waals surface area contributed by atoms with Crippen molar-refractivity contribution in [1.29, 1.82) is 0 Å². The molecular formula is C9H17N3O4. The molecule has 0 rings (SSSR count). The lowest BCUT2D eigenvalue weighted by molar-refractivity contribution is -0.139. The van der Waals surface area contributed by atoms with E-state index in [2.05, 4.69) is 16.0 Å². The summed E-state index contributed by atoms with van der Waals surface area (Å²) in [6.45, 7) is 3.60. The first-order valence-electron chi connectivity index (χ1n) is 4.99. The Morgan fingerprint density at radius 1 is 1.19 bits per heavy atom. The molecule has 0 saturated carbocycles. The van der Waals surface area contributed by atoms with Gasteiger partial charge in [-0.1, -0.05) is 6.92 Å². The van der Waals surface area contributed by atoms with Gasteiger partial charge in [0.05, 0.1) is 0 Å². The van der Waals surface area contributed by atoms with E-state index in [4.69, 9.17) is 5.11 Å². The van der Waals surface area contributed by atoms with Crippen molar-refractivity contribution in [2.45, 2.75) is 26.3 Å². The Bertz CT molecular complexity index is 267. The van der Waals surface area contributed by atoms with E-state index in [9.17, 15) is 14.4 Å². The van der Waals surface area contributed by atoms with Gasteiger partial charge in [0.15, 0.2) is 0 Å². The standard InChI is InChI=1S/C9H17N3O4/c1-3-7(8(14)15)12-9(16)11-5-4-10-6(2)13/h7H,3-5H2,1-2H3,(H,10,13)(H,14,15)(H2,11,12,16)/t7-/m0/s1. The number of aliphatic carboxylic acids is 1. The zero-order chi connectivity index (χ0) is 12.6. The van der Waals surface area contributed by atoms with Crippen LogP contribution < -0.4 is 16.0 Å². The Kier molecular flexibility index (Phi) is 6.66. The summed E-state index contributed by atoms with van der Waals surface area (Å²) in [4.78, 5) is 32.2. The molecule has 92 valence electrons. The molecule has 0 saturated heterocycles. The van der Waals surface area contributed by atoms with Crippen molar-refractivity contribution in [2.24, 2.45) is 0 Å². The lowest BCUT2D eigenvalue weighted by atomic mass is 10.2. The van der Waals surface area contributed by atoms with Gasteiger partial charge >= 0.3 is 12.0 Å². The number of rotatable bonds is 6. The Morgan fingerprint density at radius 2 is 1.75 bits per heavy atom. The van der Waals surface area contributed by atoms with Gasteiger partial charge < -0.3 is 21.1 Å². The number of amides is 3. The number of carbonyl (C=O) groups is 3. The van der Waals surface area contributed by atoms with Crippen molar-refractivity contribution in [1.82, 2.24) is 16.0 Å². The van der Waals surface area contributed by atoms with Gasteiger partial charge in [-0.25, -0.2) is 9.59 Å². The van der Waals surface area contributed by atoms with Gasteiger partial charge in [0.25, 0.3) is 0 Å². The molecule has 3 amide bonds. The summed E-state index contributed by atoms with van der Waals surface area (Å²) in [5.74, 6) is -1.25. The lowest BCUT2D eigenvalue weighted by Gasteiger charge is -2.13. The molecule has 0 heterocycles. The predicted molar refractivity (Wildman–Crippen MR) is 56.9 cm³/mol. The monoisotopic (exact) mass is 231 g/mol. The molecule has 0 aromatic carbocycles. The van der Waals surface area contributed by atoms with Crippen LogP contribution >= 0.6 is 0 Å². The molecule has 4 N–H and O–H groups in total. The Labute approximate surface area is 93.6 Å². The average molecular weight is 231 g/mol. The van der Waals surface area contributed by atoms with Crippen molar-refractivity contribution >= 4 is 17.9 Å². The van der Waals surface area contributed by atoms with E-state index in [0.29, 0.717) is 13.0 Å². The second-order valence-corrected chi connectivity index (χ2v) is 3.18. The van der Waals surface area contributed by atoms with Gasteiger partial charge in [-0.2, -0.15) is 0 Å². The second kappa shape index (κ2) is 7.49. The first-order valence-corrected chi connectivity index (χ1v) is 4.99. The molecule has 0 bridgehead atoms.